The maximum absolute atomic E-state index is 12.5. The summed E-state index contributed by atoms with van der Waals surface area (Å²) in [6, 6.07) is 11.8. The van der Waals surface area contributed by atoms with E-state index in [0.29, 0.717) is 38.3 Å². The quantitative estimate of drug-likeness (QED) is 0.742. The first-order valence-corrected chi connectivity index (χ1v) is 10.5. The molecule has 2 aromatic rings. The zero-order valence-electron chi connectivity index (χ0n) is 18.1. The Morgan fingerprint density at radius 1 is 1.03 bits per heavy atom. The summed E-state index contributed by atoms with van der Waals surface area (Å²) in [6.07, 6.45) is 2.90. The molecule has 7 heteroatoms. The van der Waals surface area contributed by atoms with Crippen LogP contribution in [0.15, 0.2) is 42.6 Å². The van der Waals surface area contributed by atoms with Crippen molar-refractivity contribution in [1.29, 1.82) is 0 Å². The summed E-state index contributed by atoms with van der Waals surface area (Å²) in [5, 5.41) is 2.90. The van der Waals surface area contributed by atoms with E-state index in [4.69, 9.17) is 4.98 Å². The fourth-order valence-corrected chi connectivity index (χ4v) is 3.30. The second kappa shape index (κ2) is 9.69. The fourth-order valence-electron chi connectivity index (χ4n) is 3.30. The molecule has 0 bridgehead atoms. The predicted octanol–water partition coefficient (Wildman–Crippen LogP) is 2.73. The van der Waals surface area contributed by atoms with Gasteiger partial charge in [0.1, 0.15) is 5.82 Å². The minimum atomic E-state index is -0.401. The highest BCUT2D eigenvalue weighted by Crippen LogP contribution is 2.19. The number of nitrogens with one attached hydrogen (secondary N) is 1. The molecule has 2 heterocycles. The molecule has 7 nitrogen and oxygen atoms in total. The SMILES string of the molecule is CC(C)(C)C(=O)NCCCC(=O)N1CCN(c2ccnc(-c3ccccc3)n2)CC1. The molecule has 0 aliphatic carbocycles. The van der Waals surface area contributed by atoms with Gasteiger partial charge in [-0.1, -0.05) is 51.1 Å². The minimum Gasteiger partial charge on any atom is -0.356 e. The number of hydrogen-bond donors (Lipinski definition) is 1. The van der Waals surface area contributed by atoms with E-state index in [2.05, 4.69) is 15.2 Å². The van der Waals surface area contributed by atoms with Crippen molar-refractivity contribution in [2.24, 2.45) is 5.41 Å². The molecule has 1 aromatic carbocycles. The van der Waals surface area contributed by atoms with Crippen LogP contribution in [-0.4, -0.2) is 59.4 Å². The Hall–Kier alpha value is -2.96. The molecule has 1 aliphatic heterocycles. The summed E-state index contributed by atoms with van der Waals surface area (Å²) in [5.41, 5.74) is 0.591. The molecule has 30 heavy (non-hydrogen) atoms. The molecule has 0 atom stereocenters. The van der Waals surface area contributed by atoms with Crippen LogP contribution < -0.4 is 10.2 Å². The molecule has 2 amide bonds. The zero-order chi connectivity index (χ0) is 21.6. The van der Waals surface area contributed by atoms with E-state index in [1.165, 1.54) is 0 Å². The van der Waals surface area contributed by atoms with Crippen molar-refractivity contribution in [3.05, 3.63) is 42.6 Å². The van der Waals surface area contributed by atoms with Crippen molar-refractivity contribution in [3.63, 3.8) is 0 Å². The van der Waals surface area contributed by atoms with Crippen LogP contribution in [0.2, 0.25) is 0 Å². The van der Waals surface area contributed by atoms with Gasteiger partial charge in [-0.15, -0.1) is 0 Å². The second-order valence-corrected chi connectivity index (χ2v) is 8.58. The maximum atomic E-state index is 12.5. The summed E-state index contributed by atoms with van der Waals surface area (Å²) in [5.74, 6) is 1.76. The van der Waals surface area contributed by atoms with Crippen LogP contribution in [0.25, 0.3) is 11.4 Å². The van der Waals surface area contributed by atoms with Crippen LogP contribution in [0, 0.1) is 5.41 Å². The fraction of sp³-hybridized carbons (Fsp3) is 0.478. The van der Waals surface area contributed by atoms with Gasteiger partial charge in [-0.3, -0.25) is 9.59 Å². The van der Waals surface area contributed by atoms with Gasteiger partial charge in [-0.25, -0.2) is 9.97 Å². The van der Waals surface area contributed by atoms with E-state index in [9.17, 15) is 9.59 Å². The Balaban J connectivity index is 1.46. The molecule has 3 rings (SSSR count). The van der Waals surface area contributed by atoms with Crippen LogP contribution in [0.5, 0.6) is 0 Å². The van der Waals surface area contributed by atoms with Crippen LogP contribution in [-0.2, 0) is 9.59 Å². The van der Waals surface area contributed by atoms with Gasteiger partial charge >= 0.3 is 0 Å². The Bertz CT molecular complexity index is 855. The number of benzene rings is 1. The van der Waals surface area contributed by atoms with Gasteiger partial charge < -0.3 is 15.1 Å². The smallest absolute Gasteiger partial charge is 0.225 e. The molecule has 1 aliphatic rings. The van der Waals surface area contributed by atoms with E-state index < -0.39 is 5.41 Å². The van der Waals surface area contributed by atoms with Crippen LogP contribution in [0.4, 0.5) is 5.82 Å². The monoisotopic (exact) mass is 409 g/mol. The average molecular weight is 410 g/mol. The molecular formula is C23H31N5O2. The highest BCUT2D eigenvalue weighted by atomic mass is 16.2. The summed E-state index contributed by atoms with van der Waals surface area (Å²) >= 11 is 0. The van der Waals surface area contributed by atoms with Gasteiger partial charge in [0, 0.05) is 56.3 Å². The van der Waals surface area contributed by atoms with Crippen molar-refractivity contribution in [3.8, 4) is 11.4 Å². The second-order valence-electron chi connectivity index (χ2n) is 8.58. The number of carbonyl (C=O) groups excluding carboxylic acids is 2. The zero-order valence-corrected chi connectivity index (χ0v) is 18.1. The Morgan fingerprint density at radius 2 is 1.73 bits per heavy atom. The van der Waals surface area contributed by atoms with E-state index >= 15 is 0 Å². The number of rotatable bonds is 6. The first-order valence-electron chi connectivity index (χ1n) is 10.5. The standard InChI is InChI=1S/C23H31N5O2/c1-23(2,3)22(30)25-12-7-10-20(29)28-16-14-27(15-17-28)19-11-13-24-21(26-19)18-8-5-4-6-9-18/h4-6,8-9,11,13H,7,10,12,14-17H2,1-3H3,(H,25,30). The number of aromatic nitrogens is 2. The van der Waals surface area contributed by atoms with Gasteiger partial charge in [-0.2, -0.15) is 0 Å². The van der Waals surface area contributed by atoms with Crippen LogP contribution in [0.3, 0.4) is 0 Å². The summed E-state index contributed by atoms with van der Waals surface area (Å²) in [6.45, 7) is 9.03. The third-order valence-corrected chi connectivity index (χ3v) is 5.16. The third kappa shape index (κ3) is 5.78. The van der Waals surface area contributed by atoms with Gasteiger partial charge in [-0.05, 0) is 12.5 Å². The van der Waals surface area contributed by atoms with Gasteiger partial charge in [0.2, 0.25) is 11.8 Å². The highest BCUT2D eigenvalue weighted by Gasteiger charge is 2.23. The third-order valence-electron chi connectivity index (χ3n) is 5.16. The first kappa shape index (κ1) is 21.7. The summed E-state index contributed by atoms with van der Waals surface area (Å²) in [4.78, 5) is 37.6. The van der Waals surface area contributed by atoms with E-state index in [1.54, 1.807) is 6.20 Å². The lowest BCUT2D eigenvalue weighted by Crippen LogP contribution is -2.49. The average Bonchev–Trinajstić information content (AvgIpc) is 2.76. The number of hydrogen-bond acceptors (Lipinski definition) is 5. The molecule has 0 unspecified atom stereocenters. The Labute approximate surface area is 178 Å². The molecule has 1 fully saturated rings. The molecule has 160 valence electrons. The van der Waals surface area contributed by atoms with Crippen molar-refractivity contribution in [1.82, 2.24) is 20.2 Å². The van der Waals surface area contributed by atoms with Crippen molar-refractivity contribution in [2.75, 3.05) is 37.6 Å². The van der Waals surface area contributed by atoms with Crippen LogP contribution in [0.1, 0.15) is 33.6 Å². The molecule has 1 saturated heterocycles. The summed E-state index contributed by atoms with van der Waals surface area (Å²) < 4.78 is 0. The number of nitrogens with zero attached hydrogens (tertiary/aromatic N) is 4. The van der Waals surface area contributed by atoms with Crippen molar-refractivity contribution < 1.29 is 9.59 Å². The molecular weight excluding hydrogens is 378 g/mol. The number of piperazine rings is 1. The largest absolute Gasteiger partial charge is 0.356 e. The van der Waals surface area contributed by atoms with E-state index in [0.717, 1.165) is 24.5 Å². The Kier molecular flexibility index (Phi) is 7.03. The summed E-state index contributed by atoms with van der Waals surface area (Å²) in [7, 11) is 0. The minimum absolute atomic E-state index is 0.0169. The molecule has 0 spiro atoms. The maximum Gasteiger partial charge on any atom is 0.225 e. The predicted molar refractivity (Wildman–Crippen MR) is 118 cm³/mol. The van der Waals surface area contributed by atoms with Crippen molar-refractivity contribution >= 4 is 17.6 Å². The number of carbonyl (C=O) groups is 2. The lowest BCUT2D eigenvalue weighted by Gasteiger charge is -2.35. The van der Waals surface area contributed by atoms with Crippen LogP contribution >= 0.6 is 0 Å². The highest BCUT2D eigenvalue weighted by molar-refractivity contribution is 5.81. The van der Waals surface area contributed by atoms with E-state index in [1.807, 2.05) is 62.1 Å². The molecule has 1 N–H and O–H groups in total. The normalized spacial score (nSPS) is 14.5. The number of amides is 2. The molecule has 0 radical (unpaired) electrons. The van der Waals surface area contributed by atoms with Crippen molar-refractivity contribution in [2.45, 2.75) is 33.6 Å². The topological polar surface area (TPSA) is 78.4 Å². The Morgan fingerprint density at radius 3 is 2.40 bits per heavy atom. The first-order chi connectivity index (χ1) is 14.3. The van der Waals surface area contributed by atoms with E-state index in [-0.39, 0.29) is 11.8 Å². The lowest BCUT2D eigenvalue weighted by molar-refractivity contribution is -0.132. The van der Waals surface area contributed by atoms with Gasteiger partial charge in [0.25, 0.3) is 0 Å². The number of anilines is 1. The lowest BCUT2D eigenvalue weighted by atomic mass is 9.96. The molecule has 1 aromatic heterocycles. The van der Waals surface area contributed by atoms with Gasteiger partial charge in [0.15, 0.2) is 5.82 Å². The van der Waals surface area contributed by atoms with Gasteiger partial charge in [0.05, 0.1) is 0 Å². The molecule has 0 saturated carbocycles.